The van der Waals surface area contributed by atoms with Gasteiger partial charge in [-0.3, -0.25) is 4.79 Å². The highest BCUT2D eigenvalue weighted by atomic mass is 16.5. The first-order valence-electron chi connectivity index (χ1n) is 6.49. The lowest BCUT2D eigenvalue weighted by Gasteiger charge is -2.06. The molecular formula is C15H15N3O4. The maximum Gasteiger partial charge on any atom is 0.341 e. The summed E-state index contributed by atoms with van der Waals surface area (Å²) in [7, 11) is 0. The summed E-state index contributed by atoms with van der Waals surface area (Å²) < 4.78 is 5.10. The molecule has 3 N–H and O–H groups in total. The number of ether oxygens (including phenoxy) is 1. The fraction of sp³-hybridized carbons (Fsp3) is 0.133. The fourth-order valence-corrected chi connectivity index (χ4v) is 1.69. The van der Waals surface area contributed by atoms with Gasteiger partial charge in [0.25, 0.3) is 5.91 Å². The Morgan fingerprint density at radius 1 is 1.32 bits per heavy atom. The number of benzene rings is 1. The predicted octanol–water partition coefficient (Wildman–Crippen LogP) is 1.63. The monoisotopic (exact) mass is 301 g/mol. The van der Waals surface area contributed by atoms with Crippen molar-refractivity contribution in [1.29, 1.82) is 0 Å². The van der Waals surface area contributed by atoms with E-state index < -0.39 is 12.6 Å². The first kappa shape index (κ1) is 15.3. The van der Waals surface area contributed by atoms with Gasteiger partial charge in [0.05, 0.1) is 5.71 Å². The summed E-state index contributed by atoms with van der Waals surface area (Å²) >= 11 is 0. The van der Waals surface area contributed by atoms with E-state index in [-0.39, 0.29) is 5.91 Å². The van der Waals surface area contributed by atoms with Crippen molar-refractivity contribution < 1.29 is 19.4 Å². The Bertz CT molecular complexity index is 693. The molecule has 7 nitrogen and oxygen atoms in total. The second-order valence-electron chi connectivity index (χ2n) is 4.43. The Hall–Kier alpha value is -3.09. The van der Waals surface area contributed by atoms with Gasteiger partial charge >= 0.3 is 5.97 Å². The fourth-order valence-electron chi connectivity index (χ4n) is 1.69. The number of aromatic nitrogens is 1. The minimum absolute atomic E-state index is 0.345. The number of rotatable bonds is 6. The van der Waals surface area contributed by atoms with E-state index in [9.17, 15) is 9.59 Å². The zero-order valence-corrected chi connectivity index (χ0v) is 11.9. The smallest absolute Gasteiger partial charge is 0.341 e. The topological polar surface area (TPSA) is 104 Å². The third kappa shape index (κ3) is 4.20. The van der Waals surface area contributed by atoms with Crippen LogP contribution in [0.5, 0.6) is 5.75 Å². The van der Waals surface area contributed by atoms with Crippen LogP contribution in [0.15, 0.2) is 47.7 Å². The first-order valence-corrected chi connectivity index (χ1v) is 6.49. The lowest BCUT2D eigenvalue weighted by molar-refractivity contribution is -0.139. The molecule has 0 fully saturated rings. The molecule has 0 aliphatic carbocycles. The molecule has 0 unspecified atom stereocenters. The summed E-state index contributed by atoms with van der Waals surface area (Å²) in [4.78, 5) is 25.0. The molecule has 0 radical (unpaired) electrons. The Morgan fingerprint density at radius 2 is 2.14 bits per heavy atom. The third-order valence-corrected chi connectivity index (χ3v) is 2.78. The Kier molecular flexibility index (Phi) is 4.92. The van der Waals surface area contributed by atoms with Crippen LogP contribution in [0.1, 0.15) is 23.0 Å². The number of hydrazone groups is 1. The van der Waals surface area contributed by atoms with Crippen molar-refractivity contribution in [3.05, 3.63) is 53.9 Å². The number of carbonyl (C=O) groups excluding carboxylic acids is 1. The number of carboxylic acids is 1. The molecular weight excluding hydrogens is 286 g/mol. The average molecular weight is 301 g/mol. The van der Waals surface area contributed by atoms with Gasteiger partial charge in [0.1, 0.15) is 11.4 Å². The van der Waals surface area contributed by atoms with Gasteiger partial charge in [0, 0.05) is 11.8 Å². The number of aromatic amines is 1. The van der Waals surface area contributed by atoms with Crippen molar-refractivity contribution in [1.82, 2.24) is 10.4 Å². The predicted molar refractivity (Wildman–Crippen MR) is 80.0 cm³/mol. The summed E-state index contributed by atoms with van der Waals surface area (Å²) in [5.41, 5.74) is 4.14. The number of carboxylic acid groups (broad SMARTS) is 1. The molecule has 114 valence electrons. The van der Waals surface area contributed by atoms with E-state index in [0.717, 1.165) is 5.56 Å². The molecule has 0 aliphatic heterocycles. The number of carbonyl (C=O) groups is 2. The van der Waals surface area contributed by atoms with Crippen LogP contribution in [0.3, 0.4) is 0 Å². The quantitative estimate of drug-likeness (QED) is 0.557. The van der Waals surface area contributed by atoms with Gasteiger partial charge in [-0.05, 0) is 31.2 Å². The molecule has 1 amide bonds. The maximum atomic E-state index is 11.7. The number of aliphatic carboxylic acids is 1. The molecule has 7 heteroatoms. The molecule has 0 aliphatic rings. The van der Waals surface area contributed by atoms with E-state index >= 15 is 0 Å². The third-order valence-electron chi connectivity index (χ3n) is 2.78. The summed E-state index contributed by atoms with van der Waals surface area (Å²) in [6, 6.07) is 10.2. The minimum atomic E-state index is -1.05. The molecule has 0 saturated heterocycles. The zero-order valence-electron chi connectivity index (χ0n) is 11.9. The molecule has 2 rings (SSSR count). The van der Waals surface area contributed by atoms with E-state index in [1.54, 1.807) is 49.5 Å². The van der Waals surface area contributed by atoms with Gasteiger partial charge in [-0.1, -0.05) is 12.1 Å². The lowest BCUT2D eigenvalue weighted by atomic mass is 10.1. The average Bonchev–Trinajstić information content (AvgIpc) is 3.05. The van der Waals surface area contributed by atoms with Gasteiger partial charge in [-0.25, -0.2) is 10.2 Å². The number of nitrogens with one attached hydrogen (secondary N) is 2. The van der Waals surface area contributed by atoms with Crippen molar-refractivity contribution in [2.45, 2.75) is 6.92 Å². The first-order chi connectivity index (χ1) is 10.6. The van der Waals surface area contributed by atoms with Crippen LogP contribution in [0, 0.1) is 0 Å². The van der Waals surface area contributed by atoms with Gasteiger partial charge in [0.2, 0.25) is 0 Å². The minimum Gasteiger partial charge on any atom is -0.482 e. The molecule has 1 heterocycles. The highest BCUT2D eigenvalue weighted by Gasteiger charge is 2.06. The van der Waals surface area contributed by atoms with Crippen LogP contribution in [0.2, 0.25) is 0 Å². The van der Waals surface area contributed by atoms with Crippen LogP contribution < -0.4 is 10.2 Å². The SMILES string of the molecule is C/C(=N/NC(=O)c1ccc[nH]1)c1cccc(OCC(=O)O)c1. The Labute approximate surface area is 126 Å². The summed E-state index contributed by atoms with van der Waals surface area (Å²) in [6.45, 7) is 1.31. The van der Waals surface area contributed by atoms with E-state index in [4.69, 9.17) is 9.84 Å². The van der Waals surface area contributed by atoms with E-state index in [1.165, 1.54) is 0 Å². The lowest BCUT2D eigenvalue weighted by Crippen LogP contribution is -2.19. The number of amides is 1. The van der Waals surface area contributed by atoms with Crippen molar-refractivity contribution >= 4 is 17.6 Å². The number of hydrogen-bond acceptors (Lipinski definition) is 4. The molecule has 0 atom stereocenters. The normalized spacial score (nSPS) is 11.0. The van der Waals surface area contributed by atoms with Crippen LogP contribution in [0.25, 0.3) is 0 Å². The second kappa shape index (κ2) is 7.07. The van der Waals surface area contributed by atoms with Crippen LogP contribution >= 0.6 is 0 Å². The molecule has 2 aromatic rings. The van der Waals surface area contributed by atoms with Crippen molar-refractivity contribution in [3.8, 4) is 5.75 Å². The molecule has 0 spiro atoms. The van der Waals surface area contributed by atoms with E-state index in [2.05, 4.69) is 15.5 Å². The zero-order chi connectivity index (χ0) is 15.9. The van der Waals surface area contributed by atoms with Crippen LogP contribution in [0.4, 0.5) is 0 Å². The largest absolute Gasteiger partial charge is 0.482 e. The van der Waals surface area contributed by atoms with Crippen molar-refractivity contribution in [3.63, 3.8) is 0 Å². The van der Waals surface area contributed by atoms with E-state index in [1.807, 2.05) is 0 Å². The highest BCUT2D eigenvalue weighted by molar-refractivity contribution is 6.00. The van der Waals surface area contributed by atoms with Gasteiger partial charge in [0.15, 0.2) is 6.61 Å². The number of nitrogens with zero attached hydrogens (tertiary/aromatic N) is 1. The molecule has 1 aromatic carbocycles. The second-order valence-corrected chi connectivity index (χ2v) is 4.43. The van der Waals surface area contributed by atoms with Crippen LogP contribution in [-0.2, 0) is 4.79 Å². The Morgan fingerprint density at radius 3 is 2.82 bits per heavy atom. The molecule has 22 heavy (non-hydrogen) atoms. The number of hydrogen-bond donors (Lipinski definition) is 3. The van der Waals surface area contributed by atoms with Gasteiger partial charge in [-0.2, -0.15) is 5.10 Å². The maximum absolute atomic E-state index is 11.7. The molecule has 0 bridgehead atoms. The number of H-pyrrole nitrogens is 1. The Balaban J connectivity index is 2.03. The summed E-state index contributed by atoms with van der Waals surface area (Å²) in [5, 5.41) is 12.6. The summed E-state index contributed by atoms with van der Waals surface area (Å²) in [5.74, 6) is -0.971. The van der Waals surface area contributed by atoms with Gasteiger partial charge < -0.3 is 14.8 Å². The van der Waals surface area contributed by atoms with Crippen LogP contribution in [-0.4, -0.2) is 34.3 Å². The van der Waals surface area contributed by atoms with E-state index in [0.29, 0.717) is 17.2 Å². The van der Waals surface area contributed by atoms with Crippen molar-refractivity contribution in [2.24, 2.45) is 5.10 Å². The summed E-state index contributed by atoms with van der Waals surface area (Å²) in [6.07, 6.45) is 1.65. The highest BCUT2D eigenvalue weighted by Crippen LogP contribution is 2.14. The van der Waals surface area contributed by atoms with Crippen molar-refractivity contribution in [2.75, 3.05) is 6.61 Å². The van der Waals surface area contributed by atoms with Gasteiger partial charge in [-0.15, -0.1) is 0 Å². The standard InChI is InChI=1S/C15H15N3O4/c1-10(17-18-15(21)13-6-3-7-16-13)11-4-2-5-12(8-11)22-9-14(19)20/h2-8,16H,9H2,1H3,(H,18,21)(H,19,20)/b17-10-. The molecule has 0 saturated carbocycles. The molecule has 1 aromatic heterocycles.